The average Bonchev–Trinajstić information content (AvgIpc) is 2.83. The predicted octanol–water partition coefficient (Wildman–Crippen LogP) is 2.83. The van der Waals surface area contributed by atoms with Crippen LogP contribution in [0.5, 0.6) is 0 Å². The highest BCUT2D eigenvalue weighted by Gasteiger charge is 2.12. The molecule has 19 heavy (non-hydrogen) atoms. The van der Waals surface area contributed by atoms with Crippen molar-refractivity contribution < 1.29 is 0 Å². The molecule has 2 aromatic heterocycles. The van der Waals surface area contributed by atoms with Crippen LogP contribution in [-0.2, 0) is 0 Å². The highest BCUT2D eigenvalue weighted by molar-refractivity contribution is 5.51. The fraction of sp³-hybridized carbons (Fsp3) is 0.500. The Morgan fingerprint density at radius 2 is 2.00 bits per heavy atom. The Morgan fingerprint density at radius 1 is 1.26 bits per heavy atom. The van der Waals surface area contributed by atoms with E-state index in [4.69, 9.17) is 0 Å². The van der Waals surface area contributed by atoms with Crippen LogP contribution < -0.4 is 5.32 Å². The Bertz CT molecular complexity index is 571. The fourth-order valence-electron chi connectivity index (χ4n) is 1.94. The molecule has 0 saturated carbocycles. The lowest BCUT2D eigenvalue weighted by molar-refractivity contribution is 0.749. The van der Waals surface area contributed by atoms with Gasteiger partial charge in [-0.25, -0.2) is 14.6 Å². The fourth-order valence-corrected chi connectivity index (χ4v) is 1.94. The first-order chi connectivity index (χ1) is 9.02. The van der Waals surface area contributed by atoms with E-state index < -0.39 is 0 Å². The summed E-state index contributed by atoms with van der Waals surface area (Å²) in [5.41, 5.74) is 2.09. The van der Waals surface area contributed by atoms with E-state index >= 15 is 0 Å². The topological polar surface area (TPSA) is 55.6 Å². The SMILES string of the molecule is CCNc1nc(C)nc(-n2ccc(C(C)C)n2)c1C. The maximum Gasteiger partial charge on any atom is 0.162 e. The van der Waals surface area contributed by atoms with Gasteiger partial charge in [0.2, 0.25) is 0 Å². The molecule has 0 fully saturated rings. The standard InChI is InChI=1S/C14H21N5/c1-6-15-13-10(4)14(17-11(5)16-13)19-8-7-12(18-19)9(2)3/h7-9H,6H2,1-5H3,(H,15,16,17). The Morgan fingerprint density at radius 3 is 2.58 bits per heavy atom. The number of hydrogen-bond acceptors (Lipinski definition) is 4. The van der Waals surface area contributed by atoms with Gasteiger partial charge >= 0.3 is 0 Å². The average molecular weight is 259 g/mol. The van der Waals surface area contributed by atoms with Gasteiger partial charge in [-0.3, -0.25) is 0 Å². The van der Waals surface area contributed by atoms with Gasteiger partial charge in [0, 0.05) is 18.3 Å². The molecule has 0 radical (unpaired) electrons. The minimum absolute atomic E-state index is 0.415. The van der Waals surface area contributed by atoms with Crippen LogP contribution in [0.25, 0.3) is 5.82 Å². The molecular formula is C14H21N5. The number of nitrogens with one attached hydrogen (secondary N) is 1. The smallest absolute Gasteiger partial charge is 0.162 e. The minimum Gasteiger partial charge on any atom is -0.370 e. The molecule has 0 unspecified atom stereocenters. The summed E-state index contributed by atoms with van der Waals surface area (Å²) in [6.07, 6.45) is 1.96. The molecule has 0 spiro atoms. The maximum absolute atomic E-state index is 4.58. The van der Waals surface area contributed by atoms with Crippen LogP contribution in [0.4, 0.5) is 5.82 Å². The lowest BCUT2D eigenvalue weighted by Crippen LogP contribution is -2.10. The van der Waals surface area contributed by atoms with E-state index in [1.165, 1.54) is 0 Å². The molecule has 5 nitrogen and oxygen atoms in total. The molecule has 2 heterocycles. The number of hydrogen-bond donors (Lipinski definition) is 1. The molecular weight excluding hydrogens is 238 g/mol. The lowest BCUT2D eigenvalue weighted by Gasteiger charge is -2.11. The van der Waals surface area contributed by atoms with Crippen molar-refractivity contribution in [3.63, 3.8) is 0 Å². The second-order valence-corrected chi connectivity index (χ2v) is 4.94. The molecule has 102 valence electrons. The van der Waals surface area contributed by atoms with E-state index in [9.17, 15) is 0 Å². The third kappa shape index (κ3) is 2.75. The number of anilines is 1. The highest BCUT2D eigenvalue weighted by atomic mass is 15.3. The molecule has 0 aliphatic heterocycles. The van der Waals surface area contributed by atoms with Crippen molar-refractivity contribution in [3.8, 4) is 5.82 Å². The summed E-state index contributed by atoms with van der Waals surface area (Å²) in [6, 6.07) is 2.04. The van der Waals surface area contributed by atoms with Crippen LogP contribution in [0.15, 0.2) is 12.3 Å². The number of aryl methyl sites for hydroxylation is 1. The molecule has 5 heteroatoms. The van der Waals surface area contributed by atoms with Crippen molar-refractivity contribution in [3.05, 3.63) is 29.3 Å². The van der Waals surface area contributed by atoms with E-state index in [0.29, 0.717) is 5.92 Å². The van der Waals surface area contributed by atoms with Crippen LogP contribution in [0, 0.1) is 13.8 Å². The Hall–Kier alpha value is -1.91. The van der Waals surface area contributed by atoms with Crippen LogP contribution in [-0.4, -0.2) is 26.3 Å². The summed E-state index contributed by atoms with van der Waals surface area (Å²) >= 11 is 0. The zero-order valence-corrected chi connectivity index (χ0v) is 12.2. The second-order valence-electron chi connectivity index (χ2n) is 4.94. The maximum atomic E-state index is 4.58. The van der Waals surface area contributed by atoms with Gasteiger partial charge in [-0.05, 0) is 32.8 Å². The normalized spacial score (nSPS) is 11.1. The zero-order valence-electron chi connectivity index (χ0n) is 12.2. The summed E-state index contributed by atoms with van der Waals surface area (Å²) in [4.78, 5) is 8.94. The van der Waals surface area contributed by atoms with E-state index in [1.54, 1.807) is 0 Å². The first-order valence-corrected chi connectivity index (χ1v) is 6.68. The molecule has 0 saturated heterocycles. The highest BCUT2D eigenvalue weighted by Crippen LogP contribution is 2.20. The van der Waals surface area contributed by atoms with Gasteiger partial charge in [0.05, 0.1) is 5.69 Å². The van der Waals surface area contributed by atoms with Crippen LogP contribution in [0.2, 0.25) is 0 Å². The summed E-state index contributed by atoms with van der Waals surface area (Å²) < 4.78 is 1.83. The van der Waals surface area contributed by atoms with Gasteiger partial charge in [0.1, 0.15) is 11.6 Å². The van der Waals surface area contributed by atoms with Crippen molar-refractivity contribution in [2.45, 2.75) is 40.5 Å². The van der Waals surface area contributed by atoms with Gasteiger partial charge in [0.15, 0.2) is 5.82 Å². The van der Waals surface area contributed by atoms with Gasteiger partial charge in [-0.2, -0.15) is 5.10 Å². The number of nitrogens with zero attached hydrogens (tertiary/aromatic N) is 4. The number of aromatic nitrogens is 4. The molecule has 0 bridgehead atoms. The van der Waals surface area contributed by atoms with Crippen LogP contribution in [0.3, 0.4) is 0 Å². The third-order valence-corrected chi connectivity index (χ3v) is 2.99. The summed E-state index contributed by atoms with van der Waals surface area (Å²) in [5, 5.41) is 7.85. The van der Waals surface area contributed by atoms with Crippen molar-refractivity contribution in [1.29, 1.82) is 0 Å². The van der Waals surface area contributed by atoms with Gasteiger partial charge in [-0.1, -0.05) is 13.8 Å². The monoisotopic (exact) mass is 259 g/mol. The van der Waals surface area contributed by atoms with Crippen LogP contribution in [0.1, 0.15) is 43.8 Å². The van der Waals surface area contributed by atoms with Gasteiger partial charge in [-0.15, -0.1) is 0 Å². The van der Waals surface area contributed by atoms with Gasteiger partial charge < -0.3 is 5.32 Å². The van der Waals surface area contributed by atoms with Crippen LogP contribution >= 0.6 is 0 Å². The molecule has 1 N–H and O–H groups in total. The quantitative estimate of drug-likeness (QED) is 0.917. The predicted molar refractivity (Wildman–Crippen MR) is 76.9 cm³/mol. The Labute approximate surface area is 114 Å². The molecule has 2 aromatic rings. The minimum atomic E-state index is 0.415. The molecule has 2 rings (SSSR count). The van der Waals surface area contributed by atoms with Gasteiger partial charge in [0.25, 0.3) is 0 Å². The molecule has 0 aromatic carbocycles. The van der Waals surface area contributed by atoms with E-state index in [1.807, 2.05) is 30.8 Å². The van der Waals surface area contributed by atoms with Crippen molar-refractivity contribution in [2.75, 3.05) is 11.9 Å². The van der Waals surface area contributed by atoms with Crippen molar-refractivity contribution >= 4 is 5.82 Å². The Kier molecular flexibility index (Phi) is 3.83. The summed E-state index contributed by atoms with van der Waals surface area (Å²) in [5.74, 6) is 2.89. The van der Waals surface area contributed by atoms with Crippen molar-refractivity contribution in [1.82, 2.24) is 19.7 Å². The first kappa shape index (κ1) is 13.5. The van der Waals surface area contributed by atoms with E-state index in [0.717, 1.165) is 35.3 Å². The second kappa shape index (κ2) is 5.38. The summed E-state index contributed by atoms with van der Waals surface area (Å²) in [7, 11) is 0. The zero-order chi connectivity index (χ0) is 14.0. The molecule has 0 aliphatic rings. The Balaban J connectivity index is 2.48. The first-order valence-electron chi connectivity index (χ1n) is 6.68. The lowest BCUT2D eigenvalue weighted by atomic mass is 10.1. The summed E-state index contributed by atoms with van der Waals surface area (Å²) in [6.45, 7) is 11.1. The molecule has 0 amide bonds. The van der Waals surface area contributed by atoms with Crippen molar-refractivity contribution in [2.24, 2.45) is 0 Å². The van der Waals surface area contributed by atoms with E-state index in [-0.39, 0.29) is 0 Å². The largest absolute Gasteiger partial charge is 0.370 e. The van der Waals surface area contributed by atoms with E-state index in [2.05, 4.69) is 41.2 Å². The third-order valence-electron chi connectivity index (χ3n) is 2.99. The molecule has 0 atom stereocenters. The number of rotatable bonds is 4. The molecule has 0 aliphatic carbocycles.